The Bertz CT molecular complexity index is 557. The van der Waals surface area contributed by atoms with Crippen LogP contribution in [0.25, 0.3) is 10.5 Å². The Morgan fingerprint density at radius 2 is 1.24 bits per heavy atom. The Kier molecular flexibility index (Phi) is 5.87. The van der Waals surface area contributed by atoms with Gasteiger partial charge in [0.05, 0.1) is 0 Å². The minimum absolute atomic E-state index is 1.33. The molecule has 0 atom stereocenters. The Balaban J connectivity index is 2.57. The zero-order valence-corrected chi connectivity index (χ0v) is 15.6. The van der Waals surface area contributed by atoms with E-state index >= 15 is 0 Å². The van der Waals surface area contributed by atoms with E-state index in [4.69, 9.17) is 0 Å². The zero-order chi connectivity index (χ0) is 15.1. The number of hydrogen-bond donors (Lipinski definition) is 0. The second-order valence-corrected chi connectivity index (χ2v) is 16.6. The molecule has 110 valence electrons. The van der Waals surface area contributed by atoms with Gasteiger partial charge in [-0.2, -0.15) is 0 Å². The van der Waals surface area contributed by atoms with Crippen LogP contribution in [0.4, 0.5) is 0 Å². The molecule has 0 spiro atoms. The van der Waals surface area contributed by atoms with Gasteiger partial charge in [-0.05, 0) is 0 Å². The molecule has 0 heterocycles. The van der Waals surface area contributed by atoms with Gasteiger partial charge in [0.1, 0.15) is 0 Å². The molecule has 0 fully saturated rings. The van der Waals surface area contributed by atoms with Crippen LogP contribution < -0.4 is 0 Å². The Hall–Kier alpha value is -1.28. The summed E-state index contributed by atoms with van der Waals surface area (Å²) in [6, 6.07) is 21.8. The van der Waals surface area contributed by atoms with Crippen molar-refractivity contribution in [1.29, 1.82) is 0 Å². The molecule has 0 aliphatic heterocycles. The van der Waals surface area contributed by atoms with Crippen LogP contribution in [0.15, 0.2) is 60.7 Å². The molecule has 0 saturated heterocycles. The maximum absolute atomic E-state index is 2.46. The molecule has 0 aliphatic rings. The molecule has 0 aromatic heterocycles. The SMILES string of the molecule is C[CH2][Ge]([CH2]C)([CH2]C)/[C](=C\c1ccccc1)c1ccccc1. The molecule has 1 heteroatoms. The number of rotatable bonds is 6. The van der Waals surface area contributed by atoms with Gasteiger partial charge in [-0.25, -0.2) is 0 Å². The second-order valence-electron chi connectivity index (χ2n) is 5.68. The van der Waals surface area contributed by atoms with Crippen molar-refractivity contribution in [3.63, 3.8) is 0 Å². The second kappa shape index (κ2) is 7.65. The van der Waals surface area contributed by atoms with Gasteiger partial charge in [-0.1, -0.05) is 0 Å². The summed E-state index contributed by atoms with van der Waals surface area (Å²) in [5.41, 5.74) is 2.77. The van der Waals surface area contributed by atoms with Crippen LogP contribution in [0.1, 0.15) is 31.9 Å². The molecule has 0 N–H and O–H groups in total. The molecule has 0 amide bonds. The molecule has 0 nitrogen and oxygen atoms in total. The first-order valence-corrected chi connectivity index (χ1v) is 13.6. The van der Waals surface area contributed by atoms with Crippen molar-refractivity contribution in [2.24, 2.45) is 0 Å². The molecule has 2 rings (SSSR count). The summed E-state index contributed by atoms with van der Waals surface area (Å²) in [7, 11) is 0. The van der Waals surface area contributed by atoms with Gasteiger partial charge in [0.25, 0.3) is 0 Å². The van der Waals surface area contributed by atoms with Crippen LogP contribution in [0, 0.1) is 0 Å². The summed E-state index contributed by atoms with van der Waals surface area (Å²) in [6.07, 6.45) is 2.46. The van der Waals surface area contributed by atoms with Gasteiger partial charge in [0.15, 0.2) is 0 Å². The molecular formula is C20H26Ge. The number of hydrogen-bond acceptors (Lipinski definition) is 0. The predicted molar refractivity (Wildman–Crippen MR) is 98.0 cm³/mol. The standard InChI is InChI=1S/C20H26Ge/c1-4-21(5-2,6-3)20(19-15-11-8-12-16-19)17-18-13-9-7-10-14-18/h7-17H,4-6H2,1-3H3/b20-17-. The third-order valence-electron chi connectivity index (χ3n) is 4.80. The van der Waals surface area contributed by atoms with Gasteiger partial charge >= 0.3 is 132 Å². The van der Waals surface area contributed by atoms with E-state index in [9.17, 15) is 0 Å². The molecule has 0 unspecified atom stereocenters. The maximum atomic E-state index is 2.46. The first-order valence-electron chi connectivity index (χ1n) is 8.08. The van der Waals surface area contributed by atoms with Crippen molar-refractivity contribution in [1.82, 2.24) is 0 Å². The summed E-state index contributed by atoms with van der Waals surface area (Å²) in [4.78, 5) is 0. The first-order chi connectivity index (χ1) is 10.3. The van der Waals surface area contributed by atoms with Crippen molar-refractivity contribution in [2.75, 3.05) is 0 Å². The Morgan fingerprint density at radius 1 is 0.762 bits per heavy atom. The predicted octanol–water partition coefficient (Wildman–Crippen LogP) is 6.27. The summed E-state index contributed by atoms with van der Waals surface area (Å²) in [5, 5.41) is 4.09. The van der Waals surface area contributed by atoms with Crippen LogP contribution in [0.5, 0.6) is 0 Å². The zero-order valence-electron chi connectivity index (χ0n) is 13.5. The molecular weight excluding hydrogens is 313 g/mol. The van der Waals surface area contributed by atoms with Crippen LogP contribution in [0.3, 0.4) is 0 Å². The summed E-state index contributed by atoms with van der Waals surface area (Å²) in [6.45, 7) is 7.19. The monoisotopic (exact) mass is 340 g/mol. The molecule has 0 bridgehead atoms. The van der Waals surface area contributed by atoms with Gasteiger partial charge in [-0.3, -0.25) is 0 Å². The quantitative estimate of drug-likeness (QED) is 0.429. The van der Waals surface area contributed by atoms with E-state index in [-0.39, 0.29) is 0 Å². The van der Waals surface area contributed by atoms with E-state index in [0.29, 0.717) is 0 Å². The van der Waals surface area contributed by atoms with Crippen LogP contribution in [-0.2, 0) is 0 Å². The third-order valence-corrected chi connectivity index (χ3v) is 16.6. The van der Waals surface area contributed by atoms with Crippen molar-refractivity contribution in [2.45, 2.75) is 36.5 Å². The normalized spacial score (nSPS) is 12.4. The molecule has 0 radical (unpaired) electrons. The van der Waals surface area contributed by atoms with Crippen molar-refractivity contribution in [3.8, 4) is 0 Å². The van der Waals surface area contributed by atoms with Crippen LogP contribution >= 0.6 is 0 Å². The number of benzene rings is 2. The van der Waals surface area contributed by atoms with Crippen LogP contribution in [0.2, 0.25) is 15.8 Å². The fraction of sp³-hybridized carbons (Fsp3) is 0.300. The Morgan fingerprint density at radius 3 is 1.71 bits per heavy atom. The van der Waals surface area contributed by atoms with E-state index in [1.165, 1.54) is 26.9 Å². The first kappa shape index (κ1) is 16.1. The molecule has 0 saturated carbocycles. The van der Waals surface area contributed by atoms with Crippen molar-refractivity contribution >= 4 is 23.7 Å². The minimum atomic E-state index is -1.99. The average Bonchev–Trinajstić information content (AvgIpc) is 2.57. The van der Waals surface area contributed by atoms with Crippen molar-refractivity contribution < 1.29 is 0 Å². The molecule has 21 heavy (non-hydrogen) atoms. The van der Waals surface area contributed by atoms with E-state index in [0.717, 1.165) is 0 Å². The van der Waals surface area contributed by atoms with Gasteiger partial charge in [0.2, 0.25) is 0 Å². The van der Waals surface area contributed by atoms with E-state index in [1.807, 2.05) is 0 Å². The van der Waals surface area contributed by atoms with E-state index in [2.05, 4.69) is 87.5 Å². The third kappa shape index (κ3) is 3.68. The van der Waals surface area contributed by atoms with Gasteiger partial charge < -0.3 is 0 Å². The molecule has 2 aromatic rings. The average molecular weight is 339 g/mol. The van der Waals surface area contributed by atoms with Crippen LogP contribution in [-0.4, -0.2) is 13.3 Å². The summed E-state index contributed by atoms with van der Waals surface area (Å²) < 4.78 is 1.66. The van der Waals surface area contributed by atoms with E-state index in [1.54, 1.807) is 4.41 Å². The van der Waals surface area contributed by atoms with E-state index < -0.39 is 13.3 Å². The fourth-order valence-electron chi connectivity index (χ4n) is 3.20. The molecule has 0 aliphatic carbocycles. The fourth-order valence-corrected chi connectivity index (χ4v) is 11.4. The van der Waals surface area contributed by atoms with Crippen molar-refractivity contribution in [3.05, 3.63) is 71.8 Å². The Labute approximate surface area is 132 Å². The van der Waals surface area contributed by atoms with Gasteiger partial charge in [-0.15, -0.1) is 0 Å². The topological polar surface area (TPSA) is 0 Å². The summed E-state index contributed by atoms with van der Waals surface area (Å²) in [5.74, 6) is 0. The molecule has 2 aromatic carbocycles. The van der Waals surface area contributed by atoms with Gasteiger partial charge in [0, 0.05) is 0 Å². The summed E-state index contributed by atoms with van der Waals surface area (Å²) >= 11 is -1.99.